The van der Waals surface area contributed by atoms with E-state index in [1.165, 1.54) is 0 Å². The summed E-state index contributed by atoms with van der Waals surface area (Å²) < 4.78 is 11.5. The summed E-state index contributed by atoms with van der Waals surface area (Å²) in [5.41, 5.74) is 3.35. The molecule has 0 radical (unpaired) electrons. The molecule has 0 saturated carbocycles. The molecule has 0 bridgehead atoms. The molecule has 1 aliphatic rings. The first-order valence-electron chi connectivity index (χ1n) is 9.83. The SMILES string of the molecule is COc1ccc(C2CC(=O)N(c3cccc(C#N)c3)C2)c(OCc2ccccc2)c1. The van der Waals surface area contributed by atoms with Crippen LogP contribution in [0.1, 0.15) is 29.0 Å². The zero-order chi connectivity index (χ0) is 20.9. The number of hydrogen-bond donors (Lipinski definition) is 0. The summed E-state index contributed by atoms with van der Waals surface area (Å²) in [5.74, 6) is 1.48. The highest BCUT2D eigenvalue weighted by Crippen LogP contribution is 2.38. The Morgan fingerprint density at radius 3 is 2.67 bits per heavy atom. The second kappa shape index (κ2) is 8.71. The number of methoxy groups -OCH3 is 1. The molecule has 1 heterocycles. The van der Waals surface area contributed by atoms with E-state index in [2.05, 4.69) is 6.07 Å². The number of carbonyl (C=O) groups excluding carboxylic acids is 1. The molecule has 4 rings (SSSR count). The second-order valence-corrected chi connectivity index (χ2v) is 7.25. The molecule has 0 N–H and O–H groups in total. The Bertz CT molecular complexity index is 1090. The summed E-state index contributed by atoms with van der Waals surface area (Å²) in [6, 6.07) is 25.0. The van der Waals surface area contributed by atoms with Gasteiger partial charge in [0.1, 0.15) is 18.1 Å². The molecule has 150 valence electrons. The standard InChI is InChI=1S/C25H22N2O3/c1-29-22-10-11-23(24(14-22)30-17-18-6-3-2-4-7-18)20-13-25(28)27(16-20)21-9-5-8-19(12-21)15-26/h2-12,14,20H,13,16-17H2,1H3. The molecule has 0 spiro atoms. The van der Waals surface area contributed by atoms with Gasteiger partial charge in [-0.2, -0.15) is 5.26 Å². The van der Waals surface area contributed by atoms with Crippen LogP contribution in [0, 0.1) is 11.3 Å². The molecule has 5 heteroatoms. The lowest BCUT2D eigenvalue weighted by Crippen LogP contribution is -2.24. The Hall–Kier alpha value is -3.78. The normalized spacial score (nSPS) is 15.7. The number of amides is 1. The molecule has 0 aromatic heterocycles. The molecule has 30 heavy (non-hydrogen) atoms. The van der Waals surface area contributed by atoms with Gasteiger partial charge in [-0.15, -0.1) is 0 Å². The number of benzene rings is 3. The van der Waals surface area contributed by atoms with Crippen LogP contribution >= 0.6 is 0 Å². The van der Waals surface area contributed by atoms with Gasteiger partial charge in [0.15, 0.2) is 0 Å². The summed E-state index contributed by atoms with van der Waals surface area (Å²) in [5, 5.41) is 9.16. The minimum Gasteiger partial charge on any atom is -0.497 e. The van der Waals surface area contributed by atoms with Gasteiger partial charge in [-0.05, 0) is 35.4 Å². The van der Waals surface area contributed by atoms with Crippen molar-refractivity contribution in [1.82, 2.24) is 0 Å². The minimum absolute atomic E-state index is 0.0000729. The van der Waals surface area contributed by atoms with Crippen LogP contribution in [0.3, 0.4) is 0 Å². The lowest BCUT2D eigenvalue weighted by Gasteiger charge is -2.19. The number of carbonyl (C=O) groups is 1. The number of nitriles is 1. The van der Waals surface area contributed by atoms with Crippen LogP contribution in [0.4, 0.5) is 5.69 Å². The van der Waals surface area contributed by atoms with E-state index in [0.717, 1.165) is 22.6 Å². The van der Waals surface area contributed by atoms with Gasteiger partial charge in [0.2, 0.25) is 5.91 Å². The maximum Gasteiger partial charge on any atom is 0.227 e. The highest BCUT2D eigenvalue weighted by Gasteiger charge is 2.33. The molecule has 0 aliphatic carbocycles. The molecule has 5 nitrogen and oxygen atoms in total. The van der Waals surface area contributed by atoms with Crippen LogP contribution in [-0.2, 0) is 11.4 Å². The number of ether oxygens (including phenoxy) is 2. The van der Waals surface area contributed by atoms with E-state index in [0.29, 0.717) is 30.9 Å². The number of anilines is 1. The summed E-state index contributed by atoms with van der Waals surface area (Å²) in [7, 11) is 1.62. The van der Waals surface area contributed by atoms with Crippen molar-refractivity contribution in [2.45, 2.75) is 18.9 Å². The number of nitrogens with zero attached hydrogens (tertiary/aromatic N) is 2. The Kier molecular flexibility index (Phi) is 5.67. The number of rotatable bonds is 6. The van der Waals surface area contributed by atoms with Gasteiger partial charge in [0.05, 0.1) is 18.7 Å². The fourth-order valence-corrected chi connectivity index (χ4v) is 3.75. The van der Waals surface area contributed by atoms with Gasteiger partial charge in [-0.1, -0.05) is 42.5 Å². The molecule has 1 aliphatic heterocycles. The van der Waals surface area contributed by atoms with Gasteiger partial charge in [0, 0.05) is 30.6 Å². The van der Waals surface area contributed by atoms with E-state index in [1.807, 2.05) is 54.6 Å². The van der Waals surface area contributed by atoms with Crippen LogP contribution in [0.5, 0.6) is 11.5 Å². The van der Waals surface area contributed by atoms with Crippen molar-refractivity contribution in [1.29, 1.82) is 5.26 Å². The third-order valence-electron chi connectivity index (χ3n) is 5.31. The molecular formula is C25H22N2O3. The molecule has 3 aromatic carbocycles. The summed E-state index contributed by atoms with van der Waals surface area (Å²) >= 11 is 0. The van der Waals surface area contributed by atoms with E-state index in [1.54, 1.807) is 30.2 Å². The Labute approximate surface area is 176 Å². The van der Waals surface area contributed by atoms with Crippen LogP contribution in [-0.4, -0.2) is 19.6 Å². The molecule has 1 amide bonds. The van der Waals surface area contributed by atoms with Crippen LogP contribution < -0.4 is 14.4 Å². The van der Waals surface area contributed by atoms with Crippen molar-refractivity contribution in [3.05, 3.63) is 89.5 Å². The first-order chi connectivity index (χ1) is 14.7. The smallest absolute Gasteiger partial charge is 0.227 e. The lowest BCUT2D eigenvalue weighted by molar-refractivity contribution is -0.117. The quantitative estimate of drug-likeness (QED) is 0.606. The van der Waals surface area contributed by atoms with E-state index >= 15 is 0 Å². The monoisotopic (exact) mass is 398 g/mol. The van der Waals surface area contributed by atoms with Crippen molar-refractivity contribution in [2.24, 2.45) is 0 Å². The fourth-order valence-electron chi connectivity index (χ4n) is 3.75. The molecular weight excluding hydrogens is 376 g/mol. The number of hydrogen-bond acceptors (Lipinski definition) is 4. The van der Waals surface area contributed by atoms with E-state index in [-0.39, 0.29) is 11.8 Å². The van der Waals surface area contributed by atoms with E-state index in [9.17, 15) is 4.79 Å². The maximum absolute atomic E-state index is 12.7. The largest absolute Gasteiger partial charge is 0.497 e. The molecule has 1 unspecified atom stereocenters. The van der Waals surface area contributed by atoms with Gasteiger partial charge >= 0.3 is 0 Å². The van der Waals surface area contributed by atoms with Gasteiger partial charge in [-0.3, -0.25) is 4.79 Å². The van der Waals surface area contributed by atoms with Crippen LogP contribution in [0.15, 0.2) is 72.8 Å². The predicted molar refractivity (Wildman–Crippen MR) is 115 cm³/mol. The minimum atomic E-state index is -0.0000729. The van der Waals surface area contributed by atoms with Gasteiger partial charge < -0.3 is 14.4 Å². The molecule has 1 fully saturated rings. The third-order valence-corrected chi connectivity index (χ3v) is 5.31. The van der Waals surface area contributed by atoms with Crippen LogP contribution in [0.2, 0.25) is 0 Å². The second-order valence-electron chi connectivity index (χ2n) is 7.25. The molecule has 3 aromatic rings. The van der Waals surface area contributed by atoms with Crippen molar-refractivity contribution >= 4 is 11.6 Å². The zero-order valence-corrected chi connectivity index (χ0v) is 16.7. The summed E-state index contributed by atoms with van der Waals surface area (Å²) in [6.07, 6.45) is 0.394. The van der Waals surface area contributed by atoms with Crippen molar-refractivity contribution in [3.8, 4) is 17.6 Å². The predicted octanol–water partition coefficient (Wildman–Crippen LogP) is 4.67. The van der Waals surface area contributed by atoms with Crippen molar-refractivity contribution in [2.75, 3.05) is 18.6 Å². The lowest BCUT2D eigenvalue weighted by atomic mass is 9.97. The average molecular weight is 398 g/mol. The topological polar surface area (TPSA) is 62.6 Å². The zero-order valence-electron chi connectivity index (χ0n) is 16.7. The highest BCUT2D eigenvalue weighted by molar-refractivity contribution is 5.96. The maximum atomic E-state index is 12.7. The van der Waals surface area contributed by atoms with Gasteiger partial charge in [-0.25, -0.2) is 0 Å². The Morgan fingerprint density at radius 2 is 1.90 bits per heavy atom. The first kappa shape index (κ1) is 19.5. The average Bonchev–Trinajstić information content (AvgIpc) is 3.19. The van der Waals surface area contributed by atoms with Gasteiger partial charge in [0.25, 0.3) is 0 Å². The first-order valence-corrected chi connectivity index (χ1v) is 9.83. The van der Waals surface area contributed by atoms with Crippen LogP contribution in [0.25, 0.3) is 0 Å². The highest BCUT2D eigenvalue weighted by atomic mass is 16.5. The molecule has 1 atom stereocenters. The van der Waals surface area contributed by atoms with Crippen molar-refractivity contribution in [3.63, 3.8) is 0 Å². The summed E-state index contributed by atoms with van der Waals surface area (Å²) in [4.78, 5) is 14.5. The fraction of sp³-hybridized carbons (Fsp3) is 0.200. The van der Waals surface area contributed by atoms with Crippen molar-refractivity contribution < 1.29 is 14.3 Å². The van der Waals surface area contributed by atoms with E-state index < -0.39 is 0 Å². The van der Waals surface area contributed by atoms with E-state index in [4.69, 9.17) is 14.7 Å². The third kappa shape index (κ3) is 4.13. The molecule has 1 saturated heterocycles. The Morgan fingerprint density at radius 1 is 1.07 bits per heavy atom. The Balaban J connectivity index is 1.58. The summed E-state index contributed by atoms with van der Waals surface area (Å²) in [6.45, 7) is 0.983.